The highest BCUT2D eigenvalue weighted by Crippen LogP contribution is 2.28. The predicted molar refractivity (Wildman–Crippen MR) is 109 cm³/mol. The van der Waals surface area contributed by atoms with E-state index in [1.807, 2.05) is 25.1 Å². The van der Waals surface area contributed by atoms with Gasteiger partial charge in [0.25, 0.3) is 5.56 Å². The molecule has 1 aromatic carbocycles. The lowest BCUT2D eigenvalue weighted by Gasteiger charge is -2.17. The highest BCUT2D eigenvalue weighted by molar-refractivity contribution is 5.75. The molecule has 0 unspecified atom stereocenters. The third-order valence-electron chi connectivity index (χ3n) is 5.09. The lowest BCUT2D eigenvalue weighted by Crippen LogP contribution is -2.23. The zero-order valence-electron chi connectivity index (χ0n) is 18.0. The van der Waals surface area contributed by atoms with Gasteiger partial charge in [-0.1, -0.05) is 18.2 Å². The van der Waals surface area contributed by atoms with Crippen LogP contribution in [0, 0.1) is 19.3 Å². The van der Waals surface area contributed by atoms with Crippen molar-refractivity contribution in [2.75, 3.05) is 0 Å². The van der Waals surface area contributed by atoms with Gasteiger partial charge < -0.3 is 4.74 Å². The number of nitrogens with one attached hydrogen (secondary N) is 1. The van der Waals surface area contributed by atoms with Crippen molar-refractivity contribution in [3.8, 4) is 0 Å². The Balaban J connectivity index is 1.92. The number of nitrogens with zero attached hydrogens (tertiary/aromatic N) is 2. The van der Waals surface area contributed by atoms with Crippen molar-refractivity contribution in [1.82, 2.24) is 14.6 Å². The average molecular weight is 435 g/mol. The molecule has 166 valence electrons. The van der Waals surface area contributed by atoms with E-state index in [0.717, 1.165) is 16.7 Å². The van der Waals surface area contributed by atoms with E-state index in [4.69, 9.17) is 4.74 Å². The van der Waals surface area contributed by atoms with Crippen LogP contribution >= 0.6 is 0 Å². The molecule has 31 heavy (non-hydrogen) atoms. The largest absolute Gasteiger partial charge is 0.460 e. The van der Waals surface area contributed by atoms with Crippen LogP contribution in [-0.4, -0.2) is 20.6 Å². The Morgan fingerprint density at radius 3 is 2.42 bits per heavy atom. The van der Waals surface area contributed by atoms with Crippen molar-refractivity contribution >= 4 is 11.6 Å². The minimum Gasteiger partial charge on any atom is -0.460 e. The Bertz CT molecular complexity index is 1200. The third kappa shape index (κ3) is 4.65. The molecule has 0 saturated carbocycles. The zero-order valence-corrected chi connectivity index (χ0v) is 18.0. The van der Waals surface area contributed by atoms with E-state index in [0.29, 0.717) is 21.9 Å². The lowest BCUT2D eigenvalue weighted by molar-refractivity contribution is -0.154. The molecule has 0 aliphatic carbocycles. The number of hydrogen-bond donors (Lipinski definition) is 1. The molecule has 3 aromatic rings. The van der Waals surface area contributed by atoms with Crippen molar-refractivity contribution < 1.29 is 22.7 Å². The molecule has 0 bridgehead atoms. The quantitative estimate of drug-likeness (QED) is 0.619. The molecule has 2 aromatic heterocycles. The first-order valence-corrected chi connectivity index (χ1v) is 9.71. The summed E-state index contributed by atoms with van der Waals surface area (Å²) < 4.78 is 45.3. The number of esters is 1. The maximum Gasteiger partial charge on any atom is 0.452 e. The van der Waals surface area contributed by atoms with Gasteiger partial charge in [0.05, 0.1) is 5.41 Å². The number of benzene rings is 1. The summed E-state index contributed by atoms with van der Waals surface area (Å²) in [6.45, 7) is 8.98. The average Bonchev–Trinajstić information content (AvgIpc) is 3.11. The molecule has 1 N–H and O–H groups in total. The van der Waals surface area contributed by atoms with Gasteiger partial charge in [-0.05, 0) is 68.9 Å². The molecule has 0 fully saturated rings. The SMILES string of the molecule is Cc1ccc(Cc2cc(=O)n3c(C(F)(F)F)n[nH]c3c2C)cc1COC(=O)C(C)(C)C. The normalized spacial score (nSPS) is 12.4. The molecule has 0 atom stereocenters. The van der Waals surface area contributed by atoms with Gasteiger partial charge in [-0.25, -0.2) is 4.40 Å². The van der Waals surface area contributed by atoms with Crippen LogP contribution in [0.25, 0.3) is 5.65 Å². The predicted octanol–water partition coefficient (Wildman–Crippen LogP) is 4.34. The van der Waals surface area contributed by atoms with Crippen molar-refractivity contribution in [2.45, 2.75) is 53.8 Å². The van der Waals surface area contributed by atoms with E-state index >= 15 is 0 Å². The number of halogens is 3. The second kappa shape index (κ2) is 7.86. The summed E-state index contributed by atoms with van der Waals surface area (Å²) in [6, 6.07) is 6.83. The van der Waals surface area contributed by atoms with Crippen LogP contribution in [-0.2, 0) is 28.7 Å². The molecule has 2 heterocycles. The maximum atomic E-state index is 13.1. The summed E-state index contributed by atoms with van der Waals surface area (Å²) in [4.78, 5) is 24.5. The van der Waals surface area contributed by atoms with Crippen LogP contribution in [0.3, 0.4) is 0 Å². The van der Waals surface area contributed by atoms with Crippen molar-refractivity contribution in [2.24, 2.45) is 5.41 Å². The fraction of sp³-hybridized carbons (Fsp3) is 0.409. The minimum absolute atomic E-state index is 0.0151. The number of rotatable bonds is 4. The van der Waals surface area contributed by atoms with Crippen molar-refractivity contribution in [1.29, 1.82) is 0 Å². The number of aromatic amines is 1. The molecular formula is C22H24F3N3O3. The summed E-state index contributed by atoms with van der Waals surface area (Å²) in [5.74, 6) is -1.59. The number of hydrogen-bond acceptors (Lipinski definition) is 4. The molecule has 0 aliphatic rings. The topological polar surface area (TPSA) is 76.5 Å². The standard InChI is InChI=1S/C22H24F3N3O3/c1-12-6-7-14(9-16(12)11-31-20(30)21(3,4)5)8-15-10-17(29)28-18(13(15)2)26-27-19(28)22(23,24)25/h6-7,9-10,26H,8,11H2,1-5H3. The van der Waals surface area contributed by atoms with Gasteiger partial charge in [-0.2, -0.15) is 13.2 Å². The first-order chi connectivity index (χ1) is 14.3. The Hall–Kier alpha value is -3.10. The van der Waals surface area contributed by atoms with E-state index in [9.17, 15) is 22.8 Å². The van der Waals surface area contributed by atoms with E-state index in [1.54, 1.807) is 27.7 Å². The molecule has 3 rings (SSSR count). The van der Waals surface area contributed by atoms with Crippen LogP contribution in [0.4, 0.5) is 13.2 Å². The summed E-state index contributed by atoms with van der Waals surface area (Å²) in [5.41, 5.74) is 2.30. The molecule has 9 heteroatoms. The summed E-state index contributed by atoms with van der Waals surface area (Å²) in [6.07, 6.45) is -4.41. The monoisotopic (exact) mass is 435 g/mol. The fourth-order valence-corrected chi connectivity index (χ4v) is 3.20. The Kier molecular flexibility index (Phi) is 5.73. The maximum absolute atomic E-state index is 13.1. The zero-order chi connectivity index (χ0) is 23.1. The molecule has 0 spiro atoms. The number of fused-ring (bicyclic) bond motifs is 1. The number of aryl methyl sites for hydroxylation is 2. The number of H-pyrrole nitrogens is 1. The van der Waals surface area contributed by atoms with Crippen molar-refractivity contribution in [3.05, 3.63) is 68.3 Å². The van der Waals surface area contributed by atoms with Crippen LogP contribution in [0.1, 0.15) is 54.4 Å². The summed E-state index contributed by atoms with van der Waals surface area (Å²) in [7, 11) is 0. The molecule has 6 nitrogen and oxygen atoms in total. The number of carbonyl (C=O) groups is 1. The number of pyridine rings is 1. The van der Waals surface area contributed by atoms with Gasteiger partial charge in [0.2, 0.25) is 5.82 Å². The van der Waals surface area contributed by atoms with E-state index < -0.39 is 23.0 Å². The number of ether oxygens (including phenoxy) is 1. The van der Waals surface area contributed by atoms with Gasteiger partial charge in [0, 0.05) is 6.07 Å². The summed E-state index contributed by atoms with van der Waals surface area (Å²) >= 11 is 0. The molecule has 0 amide bonds. The highest BCUT2D eigenvalue weighted by Gasteiger charge is 2.37. The van der Waals surface area contributed by atoms with Crippen LogP contribution in [0.2, 0.25) is 0 Å². The van der Waals surface area contributed by atoms with Crippen LogP contribution < -0.4 is 5.56 Å². The number of alkyl halides is 3. The second-order valence-corrected chi connectivity index (χ2v) is 8.63. The minimum atomic E-state index is -4.74. The smallest absolute Gasteiger partial charge is 0.452 e. The van der Waals surface area contributed by atoms with E-state index in [2.05, 4.69) is 10.2 Å². The molecule has 0 aliphatic heterocycles. The first kappa shape index (κ1) is 22.6. The fourth-order valence-electron chi connectivity index (χ4n) is 3.20. The van der Waals surface area contributed by atoms with Crippen LogP contribution in [0.5, 0.6) is 0 Å². The molecule has 0 saturated heterocycles. The number of aromatic nitrogens is 3. The molecular weight excluding hydrogens is 411 g/mol. The Labute approximate surface area is 177 Å². The summed E-state index contributed by atoms with van der Waals surface area (Å²) in [5, 5.41) is 5.62. The van der Waals surface area contributed by atoms with Gasteiger partial charge >= 0.3 is 12.1 Å². The van der Waals surface area contributed by atoms with Crippen LogP contribution in [0.15, 0.2) is 29.1 Å². The van der Waals surface area contributed by atoms with E-state index in [1.165, 1.54) is 6.07 Å². The highest BCUT2D eigenvalue weighted by atomic mass is 19.4. The second-order valence-electron chi connectivity index (χ2n) is 8.63. The van der Waals surface area contributed by atoms with Gasteiger partial charge in [-0.15, -0.1) is 5.10 Å². The Morgan fingerprint density at radius 2 is 1.81 bits per heavy atom. The molecule has 0 radical (unpaired) electrons. The Morgan fingerprint density at radius 1 is 1.13 bits per heavy atom. The van der Waals surface area contributed by atoms with Crippen molar-refractivity contribution in [3.63, 3.8) is 0 Å². The number of carbonyl (C=O) groups excluding carboxylic acids is 1. The third-order valence-corrected chi connectivity index (χ3v) is 5.09. The van der Waals surface area contributed by atoms with Gasteiger partial charge in [0.1, 0.15) is 12.3 Å². The van der Waals surface area contributed by atoms with E-state index in [-0.39, 0.29) is 18.2 Å². The van der Waals surface area contributed by atoms with Gasteiger partial charge in [-0.3, -0.25) is 14.7 Å². The van der Waals surface area contributed by atoms with Gasteiger partial charge in [0.15, 0.2) is 0 Å². The first-order valence-electron chi connectivity index (χ1n) is 9.71. The lowest BCUT2D eigenvalue weighted by atomic mass is 9.97.